The van der Waals surface area contributed by atoms with E-state index in [0.717, 1.165) is 0 Å². The second kappa shape index (κ2) is 5.91. The van der Waals surface area contributed by atoms with Crippen LogP contribution in [0.4, 0.5) is 0 Å². The van der Waals surface area contributed by atoms with Crippen LogP contribution in [-0.2, 0) is 0 Å². The average molecular weight is 302 g/mol. The summed E-state index contributed by atoms with van der Waals surface area (Å²) in [5.41, 5.74) is 0. The van der Waals surface area contributed by atoms with Gasteiger partial charge in [0.05, 0.1) is 10.7 Å². The highest BCUT2D eigenvalue weighted by Crippen LogP contribution is 2.04. The van der Waals surface area contributed by atoms with Gasteiger partial charge in [-0.15, -0.1) is 0 Å². The van der Waals surface area contributed by atoms with Gasteiger partial charge in [-0.05, 0) is 24.0 Å². The molecule has 0 atom stereocenters. The fourth-order valence-corrected chi connectivity index (χ4v) is 0.994. The minimum absolute atomic E-state index is 0.649. The third-order valence-corrected chi connectivity index (χ3v) is 1.72. The van der Waals surface area contributed by atoms with Gasteiger partial charge in [0.25, 0.3) is 0 Å². The summed E-state index contributed by atoms with van der Waals surface area (Å²) in [6.45, 7) is 0. The highest BCUT2D eigenvalue weighted by Gasteiger charge is 1.93. The molecule has 1 rings (SSSR count). The van der Waals surface area contributed by atoms with E-state index in [1.807, 2.05) is 12.1 Å². The number of hydrogen-bond acceptors (Lipinski definition) is 1. The van der Waals surface area contributed by atoms with E-state index in [-0.39, 0.29) is 0 Å². The van der Waals surface area contributed by atoms with Gasteiger partial charge in [0.2, 0.25) is 0 Å². The minimum Gasteiger partial charge on any atom is -0.439 e. The first-order valence-electron chi connectivity index (χ1n) is 3.56. The molecule has 1 aromatic heterocycles. The third-order valence-electron chi connectivity index (χ3n) is 1.16. The molecule has 0 N–H and O–H groups in total. The molecule has 0 aromatic carbocycles. The van der Waals surface area contributed by atoms with E-state index in [0.29, 0.717) is 22.2 Å². The summed E-state index contributed by atoms with van der Waals surface area (Å²) < 4.78 is 5.30. The summed E-state index contributed by atoms with van der Waals surface area (Å²) in [4.78, 5) is 0. The largest absolute Gasteiger partial charge is 0.439 e. The van der Waals surface area contributed by atoms with Crippen molar-refractivity contribution in [3.63, 3.8) is 0 Å². The Balaban J connectivity index is 2.75. The topological polar surface area (TPSA) is 13.1 Å². The first-order chi connectivity index (χ1) is 6.36. The molecule has 1 nitrogen and oxygen atoms in total. The highest BCUT2D eigenvalue weighted by atomic mass is 79.9. The van der Waals surface area contributed by atoms with Crippen molar-refractivity contribution in [2.24, 2.45) is 0 Å². The van der Waals surface area contributed by atoms with Crippen molar-refractivity contribution in [2.75, 3.05) is 10.7 Å². The quantitative estimate of drug-likeness (QED) is 0.530. The van der Waals surface area contributed by atoms with E-state index >= 15 is 0 Å². The molecule has 0 unspecified atom stereocenters. The van der Waals surface area contributed by atoms with Gasteiger partial charge in [-0.25, -0.2) is 0 Å². The SMILES string of the molecule is BrCC#Cc1ccc(C#CCBr)o1. The molecule has 66 valence electrons. The summed E-state index contributed by atoms with van der Waals surface area (Å²) in [6, 6.07) is 3.63. The molecule has 0 saturated heterocycles. The van der Waals surface area contributed by atoms with Gasteiger partial charge in [0.15, 0.2) is 11.5 Å². The molecule has 1 heterocycles. The monoisotopic (exact) mass is 300 g/mol. The molecular formula is C10H6Br2O. The Morgan fingerprint density at radius 2 is 1.46 bits per heavy atom. The molecule has 0 amide bonds. The minimum atomic E-state index is 0.649. The highest BCUT2D eigenvalue weighted by molar-refractivity contribution is 9.09. The van der Waals surface area contributed by atoms with Crippen molar-refractivity contribution < 1.29 is 4.42 Å². The third kappa shape index (κ3) is 3.72. The van der Waals surface area contributed by atoms with E-state index in [4.69, 9.17) is 4.42 Å². The molecule has 0 fully saturated rings. The van der Waals surface area contributed by atoms with Crippen LogP contribution in [0.5, 0.6) is 0 Å². The van der Waals surface area contributed by atoms with Crippen molar-refractivity contribution in [1.82, 2.24) is 0 Å². The predicted octanol–water partition coefficient (Wildman–Crippen LogP) is 2.77. The first kappa shape index (κ1) is 10.4. The molecule has 13 heavy (non-hydrogen) atoms. The zero-order valence-electron chi connectivity index (χ0n) is 6.73. The number of hydrogen-bond donors (Lipinski definition) is 0. The maximum Gasteiger partial charge on any atom is 0.178 e. The van der Waals surface area contributed by atoms with Crippen LogP contribution in [0.1, 0.15) is 11.5 Å². The first-order valence-corrected chi connectivity index (χ1v) is 5.80. The number of furan rings is 1. The Labute approximate surface area is 94.1 Å². The molecule has 0 aliphatic rings. The second-order valence-corrected chi connectivity index (χ2v) is 3.16. The summed E-state index contributed by atoms with van der Waals surface area (Å²) >= 11 is 6.41. The van der Waals surface area contributed by atoms with Gasteiger partial charge in [-0.3, -0.25) is 0 Å². The molecule has 0 saturated carbocycles. The molecule has 0 radical (unpaired) electrons. The van der Waals surface area contributed by atoms with Crippen LogP contribution in [0.15, 0.2) is 16.5 Å². The van der Waals surface area contributed by atoms with E-state index < -0.39 is 0 Å². The van der Waals surface area contributed by atoms with Crippen LogP contribution in [0.3, 0.4) is 0 Å². The van der Waals surface area contributed by atoms with Crippen molar-refractivity contribution >= 4 is 31.9 Å². The number of alkyl halides is 2. The van der Waals surface area contributed by atoms with Crippen LogP contribution < -0.4 is 0 Å². The van der Waals surface area contributed by atoms with Crippen molar-refractivity contribution in [3.05, 3.63) is 23.7 Å². The molecular weight excluding hydrogens is 296 g/mol. The Morgan fingerprint density at radius 3 is 1.85 bits per heavy atom. The zero-order chi connectivity index (χ0) is 9.52. The molecule has 0 spiro atoms. The van der Waals surface area contributed by atoms with Crippen LogP contribution in [-0.4, -0.2) is 10.7 Å². The maximum absolute atomic E-state index is 5.30. The Kier molecular flexibility index (Phi) is 4.75. The fourth-order valence-electron chi connectivity index (χ4n) is 0.713. The smallest absolute Gasteiger partial charge is 0.178 e. The molecule has 0 aliphatic heterocycles. The van der Waals surface area contributed by atoms with Gasteiger partial charge in [-0.1, -0.05) is 43.7 Å². The van der Waals surface area contributed by atoms with Crippen LogP contribution >= 0.6 is 31.9 Å². The lowest BCUT2D eigenvalue weighted by atomic mass is 10.4. The Morgan fingerprint density at radius 1 is 1.00 bits per heavy atom. The van der Waals surface area contributed by atoms with Crippen molar-refractivity contribution in [2.45, 2.75) is 0 Å². The van der Waals surface area contributed by atoms with E-state index in [9.17, 15) is 0 Å². The fraction of sp³-hybridized carbons (Fsp3) is 0.200. The zero-order valence-corrected chi connectivity index (χ0v) is 9.91. The predicted molar refractivity (Wildman–Crippen MR) is 60.1 cm³/mol. The summed E-state index contributed by atoms with van der Waals surface area (Å²) in [5.74, 6) is 12.7. The second-order valence-electron chi connectivity index (χ2n) is 2.03. The lowest BCUT2D eigenvalue weighted by Gasteiger charge is -1.79. The van der Waals surface area contributed by atoms with Gasteiger partial charge >= 0.3 is 0 Å². The van der Waals surface area contributed by atoms with Gasteiger partial charge < -0.3 is 4.42 Å². The standard InChI is InChI=1S/C10H6Br2O/c11-7-1-3-9-5-6-10(13-9)4-2-8-12/h5-6H,7-8H2. The van der Waals surface area contributed by atoms with Gasteiger partial charge in [0, 0.05) is 0 Å². The van der Waals surface area contributed by atoms with Crippen LogP contribution in [0, 0.1) is 23.7 Å². The van der Waals surface area contributed by atoms with Gasteiger partial charge in [-0.2, -0.15) is 0 Å². The van der Waals surface area contributed by atoms with Crippen LogP contribution in [0.25, 0.3) is 0 Å². The molecule has 3 heteroatoms. The van der Waals surface area contributed by atoms with Gasteiger partial charge in [0.1, 0.15) is 0 Å². The summed E-state index contributed by atoms with van der Waals surface area (Å²) in [7, 11) is 0. The van der Waals surface area contributed by atoms with E-state index in [2.05, 4.69) is 55.5 Å². The Bertz CT molecular complexity index is 348. The number of rotatable bonds is 0. The molecule has 0 bridgehead atoms. The lowest BCUT2D eigenvalue weighted by molar-refractivity contribution is 0.542. The average Bonchev–Trinajstić information content (AvgIpc) is 2.59. The summed E-state index contributed by atoms with van der Waals surface area (Å²) in [6.07, 6.45) is 0. The number of halogens is 2. The van der Waals surface area contributed by atoms with Crippen molar-refractivity contribution in [1.29, 1.82) is 0 Å². The van der Waals surface area contributed by atoms with E-state index in [1.165, 1.54) is 0 Å². The van der Waals surface area contributed by atoms with Crippen LogP contribution in [0.2, 0.25) is 0 Å². The summed E-state index contributed by atoms with van der Waals surface area (Å²) in [5, 5.41) is 1.30. The Hall–Kier alpha value is -0.640. The van der Waals surface area contributed by atoms with Crippen molar-refractivity contribution in [3.8, 4) is 23.7 Å². The van der Waals surface area contributed by atoms with E-state index in [1.54, 1.807) is 0 Å². The molecule has 0 aliphatic carbocycles. The maximum atomic E-state index is 5.30. The lowest BCUT2D eigenvalue weighted by Crippen LogP contribution is -1.67. The molecule has 1 aromatic rings. The normalized spacial score (nSPS) is 8.15.